The van der Waals surface area contributed by atoms with Crippen molar-refractivity contribution in [1.82, 2.24) is 25.6 Å². The van der Waals surface area contributed by atoms with Gasteiger partial charge in [0.2, 0.25) is 0 Å². The van der Waals surface area contributed by atoms with Gasteiger partial charge in [0.1, 0.15) is 0 Å². The molecule has 0 atom stereocenters. The fourth-order valence-electron chi connectivity index (χ4n) is 4.74. The number of hydrogen-bond donors (Lipinski definition) is 2. The highest BCUT2D eigenvalue weighted by molar-refractivity contribution is 5.91. The fourth-order valence-corrected chi connectivity index (χ4v) is 4.74. The third-order valence-corrected chi connectivity index (χ3v) is 6.46. The zero-order valence-electron chi connectivity index (χ0n) is 16.6. The number of hydrogen-bond acceptors (Lipinski definition) is 4. The van der Waals surface area contributed by atoms with Crippen LogP contribution in [0.15, 0.2) is 36.5 Å². The third kappa shape index (κ3) is 4.27. The summed E-state index contributed by atoms with van der Waals surface area (Å²) < 4.78 is 1.87. The third-order valence-electron chi connectivity index (χ3n) is 6.46. The van der Waals surface area contributed by atoms with Crippen LogP contribution in [0.25, 0.3) is 0 Å². The maximum absolute atomic E-state index is 12.8. The van der Waals surface area contributed by atoms with Gasteiger partial charge in [0, 0.05) is 12.0 Å². The molecule has 28 heavy (non-hydrogen) atoms. The second-order valence-electron chi connectivity index (χ2n) is 8.31. The Morgan fingerprint density at radius 1 is 1.11 bits per heavy atom. The predicted octanol–water partition coefficient (Wildman–Crippen LogP) is 3.22. The van der Waals surface area contributed by atoms with Crippen LogP contribution in [0.2, 0.25) is 0 Å². The first-order chi connectivity index (χ1) is 13.8. The summed E-state index contributed by atoms with van der Waals surface area (Å²) in [6.07, 6.45) is 11.1. The molecule has 0 spiro atoms. The van der Waals surface area contributed by atoms with Gasteiger partial charge in [-0.2, -0.15) is 0 Å². The highest BCUT2D eigenvalue weighted by Gasteiger charge is 2.33. The predicted molar refractivity (Wildman–Crippen MR) is 109 cm³/mol. The van der Waals surface area contributed by atoms with E-state index < -0.39 is 0 Å². The lowest BCUT2D eigenvalue weighted by Gasteiger charge is -2.33. The van der Waals surface area contributed by atoms with Crippen molar-refractivity contribution in [2.75, 3.05) is 19.6 Å². The summed E-state index contributed by atoms with van der Waals surface area (Å²) in [5, 5.41) is 14.9. The Morgan fingerprint density at radius 3 is 2.54 bits per heavy atom. The highest BCUT2D eigenvalue weighted by Crippen LogP contribution is 2.37. The summed E-state index contributed by atoms with van der Waals surface area (Å²) in [6.45, 7) is 2.65. The summed E-state index contributed by atoms with van der Waals surface area (Å²) in [5.74, 6) is -0.111. The molecule has 2 aromatic rings. The van der Waals surface area contributed by atoms with Crippen molar-refractivity contribution in [3.63, 3.8) is 0 Å². The molecule has 1 saturated heterocycles. The molecular formula is C22H31N5O. The zero-order chi connectivity index (χ0) is 19.2. The van der Waals surface area contributed by atoms with E-state index in [1.807, 2.05) is 10.9 Å². The average Bonchev–Trinajstić information content (AvgIpc) is 3.13. The second-order valence-corrected chi connectivity index (χ2v) is 8.31. The minimum absolute atomic E-state index is 0.0262. The monoisotopic (exact) mass is 381 g/mol. The second kappa shape index (κ2) is 8.86. The Bertz CT molecular complexity index is 758. The van der Waals surface area contributed by atoms with Gasteiger partial charge in [0.15, 0.2) is 5.69 Å². The molecule has 2 fully saturated rings. The number of aromatic nitrogens is 3. The van der Waals surface area contributed by atoms with Gasteiger partial charge in [0.25, 0.3) is 5.91 Å². The molecule has 0 unspecified atom stereocenters. The van der Waals surface area contributed by atoms with Gasteiger partial charge in [-0.25, -0.2) is 4.68 Å². The van der Waals surface area contributed by atoms with Crippen LogP contribution in [-0.4, -0.2) is 40.5 Å². The van der Waals surface area contributed by atoms with Crippen LogP contribution >= 0.6 is 0 Å². The van der Waals surface area contributed by atoms with E-state index in [1.54, 1.807) is 0 Å². The molecule has 1 amide bonds. The maximum atomic E-state index is 12.8. The lowest BCUT2D eigenvalue weighted by Crippen LogP contribution is -2.40. The van der Waals surface area contributed by atoms with Gasteiger partial charge in [0.05, 0.1) is 12.2 Å². The van der Waals surface area contributed by atoms with Gasteiger partial charge in [-0.15, -0.1) is 5.10 Å². The molecule has 1 aliphatic heterocycles. The quantitative estimate of drug-likeness (QED) is 0.780. The molecule has 0 radical (unpaired) electrons. The van der Waals surface area contributed by atoms with Gasteiger partial charge < -0.3 is 10.6 Å². The first-order valence-electron chi connectivity index (χ1n) is 10.7. The van der Waals surface area contributed by atoms with E-state index in [0.717, 1.165) is 38.8 Å². The minimum atomic E-state index is -0.111. The van der Waals surface area contributed by atoms with E-state index >= 15 is 0 Å². The average molecular weight is 382 g/mol. The first kappa shape index (κ1) is 19.1. The Balaban J connectivity index is 1.45. The van der Waals surface area contributed by atoms with Crippen LogP contribution in [-0.2, 0) is 5.41 Å². The van der Waals surface area contributed by atoms with Crippen molar-refractivity contribution in [3.8, 4) is 0 Å². The van der Waals surface area contributed by atoms with Crippen LogP contribution in [0.5, 0.6) is 0 Å². The number of carbonyl (C=O) groups is 1. The lowest BCUT2D eigenvalue weighted by molar-refractivity contribution is 0.0935. The molecule has 1 aliphatic carbocycles. The summed E-state index contributed by atoms with van der Waals surface area (Å²) in [5.41, 5.74) is 1.80. The lowest BCUT2D eigenvalue weighted by atomic mass is 9.74. The molecule has 1 aromatic heterocycles. The summed E-state index contributed by atoms with van der Waals surface area (Å²) >= 11 is 0. The molecule has 0 bridgehead atoms. The SMILES string of the molecule is O=C(NCC1(c2ccccc2)CCCCCC1)c1cn(C2CCNCC2)nn1. The van der Waals surface area contributed by atoms with Crippen LogP contribution in [0, 0.1) is 0 Å². The molecule has 6 heteroatoms. The van der Waals surface area contributed by atoms with Crippen molar-refractivity contribution < 1.29 is 4.79 Å². The van der Waals surface area contributed by atoms with E-state index in [9.17, 15) is 4.79 Å². The molecule has 1 aromatic carbocycles. The highest BCUT2D eigenvalue weighted by atomic mass is 16.2. The summed E-state index contributed by atoms with van der Waals surface area (Å²) in [7, 11) is 0. The first-order valence-corrected chi connectivity index (χ1v) is 10.7. The largest absolute Gasteiger partial charge is 0.350 e. The number of amides is 1. The Labute approximate surface area is 167 Å². The Hall–Kier alpha value is -2.21. The van der Waals surface area contributed by atoms with Crippen LogP contribution in [0.3, 0.4) is 0 Å². The van der Waals surface area contributed by atoms with Crippen LogP contribution < -0.4 is 10.6 Å². The van der Waals surface area contributed by atoms with Gasteiger partial charge >= 0.3 is 0 Å². The molecule has 2 heterocycles. The Morgan fingerprint density at radius 2 is 1.82 bits per heavy atom. The standard InChI is InChI=1S/C22H31N5O/c28-21(20-16-27(26-25-20)19-10-14-23-15-11-19)24-17-22(12-6-1-2-7-13-22)18-8-4-3-5-9-18/h3-5,8-9,16,19,23H,1-2,6-7,10-15,17H2,(H,24,28). The molecule has 2 aliphatic rings. The zero-order valence-corrected chi connectivity index (χ0v) is 16.6. The molecular weight excluding hydrogens is 350 g/mol. The molecule has 6 nitrogen and oxygen atoms in total. The number of benzene rings is 1. The number of rotatable bonds is 5. The smallest absolute Gasteiger partial charge is 0.273 e. The van der Waals surface area contributed by atoms with Crippen molar-refractivity contribution >= 4 is 5.91 Å². The number of carbonyl (C=O) groups excluding carboxylic acids is 1. The van der Waals surface area contributed by atoms with E-state index in [1.165, 1.54) is 31.2 Å². The molecule has 150 valence electrons. The number of piperidine rings is 1. The summed E-state index contributed by atoms with van der Waals surface area (Å²) in [6, 6.07) is 11.0. The van der Waals surface area contributed by atoms with E-state index in [4.69, 9.17) is 0 Å². The normalized spacial score (nSPS) is 20.4. The molecule has 4 rings (SSSR count). The van der Waals surface area contributed by atoms with E-state index in [0.29, 0.717) is 18.3 Å². The molecule has 1 saturated carbocycles. The number of nitrogens with one attached hydrogen (secondary N) is 2. The topological polar surface area (TPSA) is 71.8 Å². The van der Waals surface area contributed by atoms with Crippen molar-refractivity contribution in [2.24, 2.45) is 0 Å². The summed E-state index contributed by atoms with van der Waals surface area (Å²) in [4.78, 5) is 12.8. The van der Waals surface area contributed by atoms with Crippen LogP contribution in [0.4, 0.5) is 0 Å². The minimum Gasteiger partial charge on any atom is -0.350 e. The van der Waals surface area contributed by atoms with Crippen molar-refractivity contribution in [2.45, 2.75) is 62.8 Å². The van der Waals surface area contributed by atoms with Gasteiger partial charge in [-0.3, -0.25) is 4.79 Å². The fraction of sp³-hybridized carbons (Fsp3) is 0.591. The van der Waals surface area contributed by atoms with Gasteiger partial charge in [-0.05, 0) is 44.3 Å². The van der Waals surface area contributed by atoms with Crippen molar-refractivity contribution in [3.05, 3.63) is 47.8 Å². The van der Waals surface area contributed by atoms with E-state index in [-0.39, 0.29) is 11.3 Å². The van der Waals surface area contributed by atoms with Gasteiger partial charge in [-0.1, -0.05) is 61.2 Å². The van der Waals surface area contributed by atoms with Crippen molar-refractivity contribution in [1.29, 1.82) is 0 Å². The molecule has 2 N–H and O–H groups in total. The number of nitrogens with zero attached hydrogens (tertiary/aromatic N) is 3. The maximum Gasteiger partial charge on any atom is 0.273 e. The van der Waals surface area contributed by atoms with Crippen LogP contribution in [0.1, 0.15) is 73.5 Å². The van der Waals surface area contributed by atoms with E-state index in [2.05, 4.69) is 51.3 Å². The Kier molecular flexibility index (Phi) is 6.05.